The average Bonchev–Trinajstić information content (AvgIpc) is 3.22. The van der Waals surface area contributed by atoms with Gasteiger partial charge in [0.2, 0.25) is 15.9 Å². The van der Waals surface area contributed by atoms with Crippen molar-refractivity contribution in [3.63, 3.8) is 0 Å². The SMILES string of the molecule is C=CCNS(=O)(=O)c1ccc(C(=O)Nc2ccccc2CN2CCCC2C(N)=O)cc1. The molecule has 3 rings (SSSR count). The molecule has 0 bridgehead atoms. The maximum absolute atomic E-state index is 12.7. The highest BCUT2D eigenvalue weighted by Gasteiger charge is 2.29. The first-order valence-electron chi connectivity index (χ1n) is 9.95. The highest BCUT2D eigenvalue weighted by atomic mass is 32.2. The van der Waals surface area contributed by atoms with Gasteiger partial charge in [-0.2, -0.15) is 0 Å². The van der Waals surface area contributed by atoms with E-state index in [9.17, 15) is 18.0 Å². The molecule has 1 unspecified atom stereocenters. The number of benzene rings is 2. The van der Waals surface area contributed by atoms with E-state index in [-0.39, 0.29) is 29.3 Å². The molecule has 8 nitrogen and oxygen atoms in total. The summed E-state index contributed by atoms with van der Waals surface area (Å²) in [5.41, 5.74) is 7.33. The number of carbonyl (C=O) groups excluding carboxylic acids is 2. The maximum Gasteiger partial charge on any atom is 0.255 e. The summed E-state index contributed by atoms with van der Waals surface area (Å²) in [7, 11) is -3.65. The first-order valence-corrected chi connectivity index (χ1v) is 11.4. The number of para-hydroxylation sites is 1. The van der Waals surface area contributed by atoms with Crippen molar-refractivity contribution in [2.75, 3.05) is 18.4 Å². The second-order valence-electron chi connectivity index (χ2n) is 7.31. The summed E-state index contributed by atoms with van der Waals surface area (Å²) in [6.45, 7) is 4.87. The summed E-state index contributed by atoms with van der Waals surface area (Å²) in [6.07, 6.45) is 3.09. The number of nitrogens with zero attached hydrogens (tertiary/aromatic N) is 1. The zero-order chi connectivity index (χ0) is 22.4. The molecular formula is C22H26N4O4S. The quantitative estimate of drug-likeness (QED) is 0.512. The predicted molar refractivity (Wildman–Crippen MR) is 119 cm³/mol. The molecule has 2 aromatic carbocycles. The second kappa shape index (κ2) is 9.86. The molecule has 1 atom stereocenters. The molecule has 0 radical (unpaired) electrons. The Morgan fingerprint density at radius 1 is 1.16 bits per heavy atom. The summed E-state index contributed by atoms with van der Waals surface area (Å²) < 4.78 is 26.7. The molecule has 0 aliphatic carbocycles. The number of carbonyl (C=O) groups is 2. The molecule has 1 aliphatic heterocycles. The van der Waals surface area contributed by atoms with Crippen LogP contribution in [0.3, 0.4) is 0 Å². The fraction of sp³-hybridized carbons (Fsp3) is 0.273. The number of rotatable bonds is 9. The molecule has 2 aromatic rings. The molecule has 164 valence electrons. The molecule has 0 aromatic heterocycles. The Kier molecular flexibility index (Phi) is 7.21. The van der Waals surface area contributed by atoms with Crippen molar-refractivity contribution in [1.82, 2.24) is 9.62 Å². The van der Waals surface area contributed by atoms with Gasteiger partial charge in [0.1, 0.15) is 0 Å². The van der Waals surface area contributed by atoms with Crippen LogP contribution in [0.1, 0.15) is 28.8 Å². The van der Waals surface area contributed by atoms with Crippen molar-refractivity contribution >= 4 is 27.5 Å². The molecule has 31 heavy (non-hydrogen) atoms. The lowest BCUT2D eigenvalue weighted by Crippen LogP contribution is -2.39. The summed E-state index contributed by atoms with van der Waals surface area (Å²) in [6, 6.07) is 12.8. The Morgan fingerprint density at radius 2 is 1.87 bits per heavy atom. The number of hydrogen-bond donors (Lipinski definition) is 3. The van der Waals surface area contributed by atoms with Crippen LogP contribution in [-0.2, 0) is 21.4 Å². The Balaban J connectivity index is 1.72. The zero-order valence-electron chi connectivity index (χ0n) is 17.1. The van der Waals surface area contributed by atoms with E-state index in [0.29, 0.717) is 17.8 Å². The van der Waals surface area contributed by atoms with Gasteiger partial charge in [-0.25, -0.2) is 13.1 Å². The second-order valence-corrected chi connectivity index (χ2v) is 9.07. The van der Waals surface area contributed by atoms with Crippen LogP contribution in [0.25, 0.3) is 0 Å². The number of hydrogen-bond acceptors (Lipinski definition) is 5. The molecule has 2 amide bonds. The molecule has 0 spiro atoms. The van der Waals surface area contributed by atoms with Crippen LogP contribution in [0.2, 0.25) is 0 Å². The van der Waals surface area contributed by atoms with Crippen LogP contribution in [0.4, 0.5) is 5.69 Å². The van der Waals surface area contributed by atoms with E-state index in [0.717, 1.165) is 24.9 Å². The molecule has 1 heterocycles. The standard InChI is InChI=1S/C22H26N4O4S/c1-2-13-24-31(29,30)18-11-9-16(10-12-18)22(28)25-19-7-4-3-6-17(19)15-26-14-5-8-20(26)21(23)27/h2-4,6-7,9-12,20,24H,1,5,8,13-15H2,(H2,23,27)(H,25,28). The summed E-state index contributed by atoms with van der Waals surface area (Å²) in [5.74, 6) is -0.694. The Hall–Kier alpha value is -3.01. The molecule has 4 N–H and O–H groups in total. The van der Waals surface area contributed by atoms with Gasteiger partial charge in [0.05, 0.1) is 10.9 Å². The Bertz CT molecular complexity index is 1070. The predicted octanol–water partition coefficient (Wildman–Crippen LogP) is 1.85. The lowest BCUT2D eigenvalue weighted by atomic mass is 10.1. The number of amides is 2. The fourth-order valence-electron chi connectivity index (χ4n) is 3.57. The van der Waals surface area contributed by atoms with Gasteiger partial charge < -0.3 is 11.1 Å². The van der Waals surface area contributed by atoms with E-state index in [1.54, 1.807) is 6.07 Å². The van der Waals surface area contributed by atoms with Crippen molar-refractivity contribution in [2.45, 2.75) is 30.3 Å². The number of primary amides is 1. The van der Waals surface area contributed by atoms with E-state index in [1.165, 1.54) is 30.3 Å². The van der Waals surface area contributed by atoms with Gasteiger partial charge in [-0.3, -0.25) is 14.5 Å². The fourth-order valence-corrected chi connectivity index (χ4v) is 4.57. The maximum atomic E-state index is 12.7. The van der Waals surface area contributed by atoms with Crippen molar-refractivity contribution in [1.29, 1.82) is 0 Å². The average molecular weight is 443 g/mol. The Labute approximate surface area is 182 Å². The summed E-state index contributed by atoms with van der Waals surface area (Å²) >= 11 is 0. The minimum Gasteiger partial charge on any atom is -0.368 e. The third-order valence-corrected chi connectivity index (χ3v) is 6.62. The normalized spacial score (nSPS) is 16.7. The van der Waals surface area contributed by atoms with Crippen LogP contribution in [0.5, 0.6) is 0 Å². The van der Waals surface area contributed by atoms with Gasteiger partial charge in [-0.15, -0.1) is 6.58 Å². The van der Waals surface area contributed by atoms with Gasteiger partial charge >= 0.3 is 0 Å². The largest absolute Gasteiger partial charge is 0.368 e. The summed E-state index contributed by atoms with van der Waals surface area (Å²) in [4.78, 5) is 26.5. The van der Waals surface area contributed by atoms with Crippen molar-refractivity contribution in [3.8, 4) is 0 Å². The van der Waals surface area contributed by atoms with Gasteiger partial charge in [-0.05, 0) is 55.3 Å². The number of nitrogens with two attached hydrogens (primary N) is 1. The van der Waals surface area contributed by atoms with E-state index in [1.807, 2.05) is 23.1 Å². The van der Waals surface area contributed by atoms with Gasteiger partial charge in [0.25, 0.3) is 5.91 Å². The number of sulfonamides is 1. The van der Waals surface area contributed by atoms with Crippen LogP contribution < -0.4 is 15.8 Å². The molecule has 1 saturated heterocycles. The molecule has 1 fully saturated rings. The lowest BCUT2D eigenvalue weighted by Gasteiger charge is -2.23. The van der Waals surface area contributed by atoms with Crippen molar-refractivity contribution < 1.29 is 18.0 Å². The first-order chi connectivity index (χ1) is 14.8. The third kappa shape index (κ3) is 5.57. The van der Waals surface area contributed by atoms with Crippen LogP contribution >= 0.6 is 0 Å². The Morgan fingerprint density at radius 3 is 2.55 bits per heavy atom. The monoisotopic (exact) mass is 442 g/mol. The first kappa shape index (κ1) is 22.7. The number of anilines is 1. The highest BCUT2D eigenvalue weighted by molar-refractivity contribution is 7.89. The van der Waals surface area contributed by atoms with E-state index in [2.05, 4.69) is 16.6 Å². The molecule has 9 heteroatoms. The summed E-state index contributed by atoms with van der Waals surface area (Å²) in [5, 5.41) is 2.88. The van der Waals surface area contributed by atoms with Crippen LogP contribution in [0, 0.1) is 0 Å². The third-order valence-electron chi connectivity index (χ3n) is 5.18. The highest BCUT2D eigenvalue weighted by Crippen LogP contribution is 2.24. The van der Waals surface area contributed by atoms with Crippen LogP contribution in [-0.4, -0.2) is 44.3 Å². The number of nitrogens with one attached hydrogen (secondary N) is 2. The van der Waals surface area contributed by atoms with Gasteiger partial charge in [0.15, 0.2) is 0 Å². The minimum atomic E-state index is -3.65. The lowest BCUT2D eigenvalue weighted by molar-refractivity contribution is -0.122. The van der Waals surface area contributed by atoms with Gasteiger partial charge in [0, 0.05) is 24.3 Å². The zero-order valence-corrected chi connectivity index (χ0v) is 17.9. The molecule has 0 saturated carbocycles. The van der Waals surface area contributed by atoms with Crippen LogP contribution in [0.15, 0.2) is 66.1 Å². The van der Waals surface area contributed by atoms with Crippen molar-refractivity contribution in [2.24, 2.45) is 5.73 Å². The topological polar surface area (TPSA) is 122 Å². The van der Waals surface area contributed by atoms with E-state index < -0.39 is 10.0 Å². The molecular weight excluding hydrogens is 416 g/mol. The minimum absolute atomic E-state index is 0.0674. The van der Waals surface area contributed by atoms with E-state index >= 15 is 0 Å². The smallest absolute Gasteiger partial charge is 0.255 e. The molecule has 1 aliphatic rings. The van der Waals surface area contributed by atoms with Crippen molar-refractivity contribution in [3.05, 3.63) is 72.3 Å². The van der Waals surface area contributed by atoms with E-state index in [4.69, 9.17) is 5.73 Å². The number of likely N-dealkylation sites (tertiary alicyclic amines) is 1. The van der Waals surface area contributed by atoms with Gasteiger partial charge in [-0.1, -0.05) is 24.3 Å².